The minimum atomic E-state index is -0.439. The standard InChI is InChI=1S/C26H16N4O4S2.2ClH.2Hg/c31-29(32)21-13-9-19(10-14-21)17-27-23-5-1-3-7-25(23)35-36-26-8-4-2-6-24(26)28-18-20-11-15-22(16-12-20)30(33)34;;;;/h1-2,5-18H;2*1H;;/q;;;2*+1/p-2. The largest absolute Gasteiger partial charge is 1.00 e. The van der Waals surface area contributed by atoms with E-state index < -0.39 is 9.85 Å². The molecule has 2 radical (unpaired) electrons. The molecule has 0 saturated carbocycles. The number of nitrogens with zero attached hydrogens (tertiary/aromatic N) is 4. The summed E-state index contributed by atoms with van der Waals surface area (Å²) in [6, 6.07) is 12.3. The van der Waals surface area contributed by atoms with Crippen LogP contribution in [0.3, 0.4) is 0 Å². The van der Waals surface area contributed by atoms with Gasteiger partial charge in [0.05, 0.1) is 31.0 Å². The number of hydrogen-bond donors (Lipinski definition) is 0. The molecule has 0 unspecified atom stereocenters. The fourth-order valence-corrected chi connectivity index (χ4v) is 5.07. The second kappa shape index (κ2) is 19.0. The number of nitro groups is 2. The predicted octanol–water partition coefficient (Wildman–Crippen LogP) is -1.31. The summed E-state index contributed by atoms with van der Waals surface area (Å²) in [6.07, 6.45) is 14.2. The van der Waals surface area contributed by atoms with Crippen LogP contribution >= 0.6 is 0 Å². The molecule has 40 heavy (non-hydrogen) atoms. The molecule has 0 bridgehead atoms. The molecule has 8 nitrogen and oxygen atoms in total. The molecule has 2 aliphatic carbocycles. The first kappa shape index (κ1) is 37.7. The van der Waals surface area contributed by atoms with Crippen LogP contribution in [0.25, 0.3) is 0 Å². The van der Waals surface area contributed by atoms with Crippen molar-refractivity contribution in [3.05, 3.63) is 139 Å². The first-order chi connectivity index (χ1) is 17.5. The number of benzene rings is 2. The molecular weight excluding hydrogens is 969 g/mol. The number of halogens is 2. The van der Waals surface area contributed by atoms with E-state index in [2.05, 4.69) is 21.4 Å². The third kappa shape index (κ3) is 11.0. The summed E-state index contributed by atoms with van der Waals surface area (Å²) in [5, 5.41) is 21.7. The van der Waals surface area contributed by atoms with Crippen molar-refractivity contribution in [1.29, 1.82) is 0 Å². The summed E-state index contributed by atoms with van der Waals surface area (Å²) in [6.45, 7) is 0. The predicted molar refractivity (Wildman–Crippen MR) is 148 cm³/mol. The number of hydrogen-bond acceptors (Lipinski definition) is 6. The summed E-state index contributed by atoms with van der Waals surface area (Å²) in [4.78, 5) is 31.6. The van der Waals surface area contributed by atoms with Gasteiger partial charge in [-0.3, -0.25) is 30.2 Å². The Bertz CT molecular complexity index is 1500. The van der Waals surface area contributed by atoms with E-state index >= 15 is 0 Å². The van der Waals surface area contributed by atoms with E-state index in [1.165, 1.54) is 44.1 Å². The number of nitro benzene ring substituents is 2. The van der Waals surface area contributed by atoms with Gasteiger partial charge in [0.1, 0.15) is 0 Å². The van der Waals surface area contributed by atoms with Crippen molar-refractivity contribution in [2.45, 2.75) is 0 Å². The number of rotatable bonds is 6. The Labute approximate surface area is 289 Å². The maximum absolute atomic E-state index is 10.8. The van der Waals surface area contributed by atoms with Crippen molar-refractivity contribution in [2.24, 2.45) is 9.98 Å². The summed E-state index contributed by atoms with van der Waals surface area (Å²) in [7, 11) is 2.99. The van der Waals surface area contributed by atoms with Gasteiger partial charge >= 0.3 is 55.3 Å². The van der Waals surface area contributed by atoms with Gasteiger partial charge in [-0.1, -0.05) is 19.8 Å². The quantitative estimate of drug-likeness (QED) is 0.0896. The molecule has 0 atom stereocenters. The van der Waals surface area contributed by atoms with E-state index in [-0.39, 0.29) is 91.5 Å². The first-order valence-electron chi connectivity index (χ1n) is 10.4. The van der Waals surface area contributed by atoms with Gasteiger partial charge in [-0.2, -0.15) is 0 Å². The molecular formula is C26H16Cl2Hg2N4O4S2. The van der Waals surface area contributed by atoms with Gasteiger partial charge in [-0.15, -0.1) is 11.5 Å². The Morgan fingerprint density at radius 3 is 1.32 bits per heavy atom. The van der Waals surface area contributed by atoms with Gasteiger partial charge < -0.3 is 24.8 Å². The minimum absolute atomic E-state index is 0. The molecule has 2 aromatic rings. The molecule has 0 spiro atoms. The van der Waals surface area contributed by atoms with Crippen molar-refractivity contribution >= 4 is 53.4 Å². The van der Waals surface area contributed by atoms with E-state index in [1.54, 1.807) is 48.8 Å². The van der Waals surface area contributed by atoms with E-state index in [1.807, 2.05) is 24.3 Å². The fraction of sp³-hybridized carbons (Fsp3) is 0. The molecule has 4 rings (SSSR count). The summed E-state index contributed by atoms with van der Waals surface area (Å²) in [5.41, 5.74) is 9.15. The van der Waals surface area contributed by atoms with Gasteiger partial charge in [0.15, 0.2) is 0 Å². The Morgan fingerprint density at radius 1 is 0.650 bits per heavy atom. The number of allylic oxidation sites excluding steroid dienone is 4. The molecule has 0 amide bonds. The van der Waals surface area contributed by atoms with Crippen LogP contribution in [0.15, 0.2) is 118 Å². The fourth-order valence-electron chi connectivity index (χ4n) is 2.90. The summed E-state index contributed by atoms with van der Waals surface area (Å²) in [5.74, 6) is 0. The zero-order valence-electron chi connectivity index (χ0n) is 20.6. The first-order valence-corrected chi connectivity index (χ1v) is 12.6. The van der Waals surface area contributed by atoms with Crippen molar-refractivity contribution in [3.63, 3.8) is 0 Å². The Kier molecular flexibility index (Phi) is 17.9. The average molecular weight is 985 g/mol. The monoisotopic (exact) mass is 986 g/mol. The van der Waals surface area contributed by atoms with Crippen LogP contribution in [-0.2, 0) is 75.2 Å². The topological polar surface area (TPSA) is 111 Å². The van der Waals surface area contributed by atoms with Crippen molar-refractivity contribution in [2.75, 3.05) is 0 Å². The Balaban J connectivity index is 0.00000380. The van der Waals surface area contributed by atoms with Crippen molar-refractivity contribution in [3.8, 4) is 0 Å². The van der Waals surface area contributed by atoms with Crippen LogP contribution < -0.4 is 24.8 Å². The second-order valence-electron chi connectivity index (χ2n) is 7.17. The normalized spacial score (nSPS) is 12.9. The zero-order chi connectivity index (χ0) is 25.3. The molecule has 14 heteroatoms. The molecule has 0 fully saturated rings. The summed E-state index contributed by atoms with van der Waals surface area (Å²) < 4.78 is 0. The van der Waals surface area contributed by atoms with Gasteiger partial charge in [-0.25, -0.2) is 0 Å². The van der Waals surface area contributed by atoms with Gasteiger partial charge in [0, 0.05) is 48.8 Å². The van der Waals surface area contributed by atoms with E-state index in [4.69, 9.17) is 0 Å². The molecule has 2 aromatic carbocycles. The van der Waals surface area contributed by atoms with E-state index in [0.29, 0.717) is 0 Å². The van der Waals surface area contributed by atoms with Crippen LogP contribution in [0.1, 0.15) is 11.1 Å². The van der Waals surface area contributed by atoms with E-state index in [9.17, 15) is 20.2 Å². The molecule has 0 N–H and O–H groups in total. The van der Waals surface area contributed by atoms with Crippen LogP contribution in [0.4, 0.5) is 11.4 Å². The van der Waals surface area contributed by atoms with Gasteiger partial charge in [-0.05, 0) is 59.7 Å². The smallest absolute Gasteiger partial charge is 1.00 e. The zero-order valence-corrected chi connectivity index (χ0v) is 34.8. The van der Waals surface area contributed by atoms with Crippen molar-refractivity contribution < 1.29 is 90.0 Å². The SMILES string of the molecule is O=[N+]([O-])c1ccc(C=NC2=CC=C=CC2=S=S=C2C=C=CC=C2N=Cc2ccc([N+](=O)[O-])cc2)cc1.[Cl-].[Cl-].[Hg+].[Hg+]. The van der Waals surface area contributed by atoms with Crippen LogP contribution in [0, 0.1) is 20.2 Å². The molecule has 2 aliphatic rings. The maximum atomic E-state index is 10.8. The third-order valence-electron chi connectivity index (χ3n) is 4.74. The third-order valence-corrected chi connectivity index (χ3v) is 7.17. The van der Waals surface area contributed by atoms with Crippen LogP contribution in [0.5, 0.6) is 0 Å². The number of non-ortho nitro benzene ring substituents is 2. The van der Waals surface area contributed by atoms with Crippen molar-refractivity contribution in [1.82, 2.24) is 0 Å². The summed E-state index contributed by atoms with van der Waals surface area (Å²) >= 11 is 0. The van der Waals surface area contributed by atoms with Crippen LogP contribution in [-0.4, -0.2) is 32.0 Å². The number of aliphatic imine (C=N–C) groups is 2. The molecule has 0 heterocycles. The van der Waals surface area contributed by atoms with Crippen LogP contribution in [0.2, 0.25) is 0 Å². The van der Waals surface area contributed by atoms with E-state index in [0.717, 1.165) is 32.3 Å². The molecule has 0 aromatic heterocycles. The maximum Gasteiger partial charge on any atom is 1.00 e. The second-order valence-corrected chi connectivity index (χ2v) is 9.38. The minimum Gasteiger partial charge on any atom is -1.00 e. The average Bonchev–Trinajstić information content (AvgIpc) is 2.91. The molecule has 194 valence electrons. The Morgan fingerprint density at radius 2 is 1.00 bits per heavy atom. The van der Waals surface area contributed by atoms with Gasteiger partial charge in [0.2, 0.25) is 0 Å². The molecule has 0 saturated heterocycles. The van der Waals surface area contributed by atoms with Gasteiger partial charge in [0.25, 0.3) is 11.4 Å². The molecule has 0 aliphatic heterocycles. The Hall–Kier alpha value is -2.27.